The minimum absolute atomic E-state index is 0.0517. The number of carbonyl (C=O) groups is 1. The molecule has 2 atom stereocenters. The molecule has 1 aromatic heterocycles. The molecule has 7 nitrogen and oxygen atoms in total. The Morgan fingerprint density at radius 1 is 0.969 bits per heavy atom. The maximum absolute atomic E-state index is 13.8. The van der Waals surface area contributed by atoms with Gasteiger partial charge in [0.2, 0.25) is 11.7 Å². The molecule has 0 radical (unpaired) electrons. The third kappa shape index (κ3) is 4.55. The maximum Gasteiger partial charge on any atom is 0.451 e. The minimum Gasteiger partial charge on any atom is -0.353 e. The van der Waals surface area contributed by atoms with Crippen LogP contribution in [0.1, 0.15) is 25.1 Å². The van der Waals surface area contributed by atoms with Crippen LogP contribution in [0.4, 0.5) is 42.4 Å². The summed E-state index contributed by atoms with van der Waals surface area (Å²) in [6.45, 7) is -1.94. The van der Waals surface area contributed by atoms with Gasteiger partial charge in [-0.15, -0.1) is 0 Å². The summed E-state index contributed by atoms with van der Waals surface area (Å²) in [4.78, 5) is 22.5. The molecule has 0 bridgehead atoms. The van der Waals surface area contributed by atoms with Crippen molar-refractivity contribution in [1.29, 1.82) is 0 Å². The van der Waals surface area contributed by atoms with Crippen molar-refractivity contribution in [3.05, 3.63) is 11.9 Å². The second-order valence-corrected chi connectivity index (χ2v) is 8.45. The summed E-state index contributed by atoms with van der Waals surface area (Å²) in [6, 6.07) is -0.507. The lowest BCUT2D eigenvalue weighted by molar-refractivity contribution is -0.150. The van der Waals surface area contributed by atoms with E-state index >= 15 is 0 Å². The zero-order valence-electron chi connectivity index (χ0n) is 16.8. The van der Waals surface area contributed by atoms with Gasteiger partial charge in [0.1, 0.15) is 11.6 Å². The van der Waals surface area contributed by atoms with Gasteiger partial charge in [0, 0.05) is 51.0 Å². The van der Waals surface area contributed by atoms with Crippen LogP contribution in [0.5, 0.6) is 0 Å². The molecule has 0 spiro atoms. The van der Waals surface area contributed by atoms with Crippen LogP contribution >= 0.6 is 0 Å². The Morgan fingerprint density at radius 2 is 1.59 bits per heavy atom. The fourth-order valence-electron chi connectivity index (χ4n) is 4.28. The van der Waals surface area contributed by atoms with Crippen LogP contribution < -0.4 is 15.5 Å². The molecule has 2 unspecified atom stereocenters. The number of aromatic nitrogens is 2. The van der Waals surface area contributed by atoms with E-state index in [9.17, 15) is 35.5 Å². The number of nitrogens with two attached hydrogens (primary N) is 1. The van der Waals surface area contributed by atoms with Gasteiger partial charge in [-0.1, -0.05) is 0 Å². The zero-order chi connectivity index (χ0) is 23.5. The van der Waals surface area contributed by atoms with E-state index in [0.717, 1.165) is 15.9 Å². The fourth-order valence-corrected chi connectivity index (χ4v) is 4.28. The Balaban J connectivity index is 1.61. The van der Waals surface area contributed by atoms with Crippen LogP contribution in [-0.4, -0.2) is 77.4 Å². The van der Waals surface area contributed by atoms with Crippen LogP contribution in [0.2, 0.25) is 0 Å². The molecule has 3 aliphatic rings. The summed E-state index contributed by atoms with van der Waals surface area (Å²) >= 11 is 0. The van der Waals surface area contributed by atoms with Gasteiger partial charge in [-0.25, -0.2) is 27.5 Å². The Bertz CT molecular complexity index is 895. The molecule has 178 valence electrons. The highest BCUT2D eigenvalue weighted by molar-refractivity contribution is 5.78. The third-order valence-corrected chi connectivity index (χ3v) is 5.93. The van der Waals surface area contributed by atoms with Gasteiger partial charge in [-0.05, 0) is 0 Å². The van der Waals surface area contributed by atoms with Crippen molar-refractivity contribution >= 4 is 17.5 Å². The summed E-state index contributed by atoms with van der Waals surface area (Å²) < 4.78 is 95.0. The first-order chi connectivity index (χ1) is 14.7. The standard InChI is InChI=1S/C18H21F7N6O/c19-16(20)2-1-14(32)31(9-16)11-7-30(6-10(11)26)13-5-12(27-15(28-13)18(23,24)25)29-4-3-17(21,22)8-29/h5,10-11H,1-4,6-9,26H2. The molecule has 0 aliphatic carbocycles. The van der Waals surface area contributed by atoms with E-state index in [1.807, 2.05) is 0 Å². The number of alkyl halides is 7. The summed E-state index contributed by atoms with van der Waals surface area (Å²) in [7, 11) is 0. The number of amides is 1. The molecule has 32 heavy (non-hydrogen) atoms. The largest absolute Gasteiger partial charge is 0.451 e. The van der Waals surface area contributed by atoms with Crippen molar-refractivity contribution < 1.29 is 35.5 Å². The van der Waals surface area contributed by atoms with Crippen molar-refractivity contribution in [1.82, 2.24) is 14.9 Å². The number of hydrogen-bond donors (Lipinski definition) is 1. The third-order valence-electron chi connectivity index (χ3n) is 5.93. The number of piperidine rings is 1. The Labute approximate surface area is 178 Å². The minimum atomic E-state index is -4.93. The zero-order valence-corrected chi connectivity index (χ0v) is 16.8. The quantitative estimate of drug-likeness (QED) is 0.682. The van der Waals surface area contributed by atoms with Gasteiger partial charge in [-0.2, -0.15) is 13.2 Å². The highest BCUT2D eigenvalue weighted by atomic mass is 19.4. The SMILES string of the molecule is NC1CN(c2cc(N3CCC(F)(F)C3)nc(C(F)(F)F)n2)CC1N1CC(F)(F)CCC1=O. The van der Waals surface area contributed by atoms with E-state index in [0.29, 0.717) is 0 Å². The summed E-state index contributed by atoms with van der Waals surface area (Å²) in [6.07, 6.45) is -6.37. The molecule has 14 heteroatoms. The van der Waals surface area contributed by atoms with Gasteiger partial charge in [-0.3, -0.25) is 4.79 Å². The summed E-state index contributed by atoms with van der Waals surface area (Å²) in [5, 5.41) is 0. The van der Waals surface area contributed by atoms with Crippen molar-refractivity contribution in [2.45, 2.75) is 49.4 Å². The first-order valence-corrected chi connectivity index (χ1v) is 10.0. The summed E-state index contributed by atoms with van der Waals surface area (Å²) in [5.41, 5.74) is 6.05. The van der Waals surface area contributed by atoms with Crippen LogP contribution in [0.25, 0.3) is 0 Å². The van der Waals surface area contributed by atoms with Crippen molar-refractivity contribution in [2.24, 2.45) is 5.73 Å². The van der Waals surface area contributed by atoms with E-state index in [1.54, 1.807) is 0 Å². The van der Waals surface area contributed by atoms with E-state index in [2.05, 4.69) is 9.97 Å². The van der Waals surface area contributed by atoms with Gasteiger partial charge in [0.15, 0.2) is 0 Å². The Morgan fingerprint density at radius 3 is 2.19 bits per heavy atom. The lowest BCUT2D eigenvalue weighted by Gasteiger charge is -2.37. The monoisotopic (exact) mass is 470 g/mol. The number of halogens is 7. The highest BCUT2D eigenvalue weighted by Crippen LogP contribution is 2.36. The van der Waals surface area contributed by atoms with Crippen molar-refractivity contribution in [3.63, 3.8) is 0 Å². The second-order valence-electron chi connectivity index (χ2n) is 8.45. The fraction of sp³-hybridized carbons (Fsp3) is 0.722. The molecule has 1 aromatic rings. The topological polar surface area (TPSA) is 78.6 Å². The van der Waals surface area contributed by atoms with Crippen LogP contribution in [0, 0.1) is 0 Å². The lowest BCUT2D eigenvalue weighted by Crippen LogP contribution is -2.56. The molecule has 3 aliphatic heterocycles. The molecular weight excluding hydrogens is 449 g/mol. The number of carbonyl (C=O) groups excluding carboxylic acids is 1. The lowest BCUT2D eigenvalue weighted by atomic mass is 10.0. The number of nitrogens with zero attached hydrogens (tertiary/aromatic N) is 5. The number of rotatable bonds is 3. The first kappa shape index (κ1) is 22.8. The molecule has 4 heterocycles. The van der Waals surface area contributed by atoms with Crippen molar-refractivity contribution in [3.8, 4) is 0 Å². The van der Waals surface area contributed by atoms with Crippen molar-refractivity contribution in [2.75, 3.05) is 42.5 Å². The Hall–Kier alpha value is -2.38. The van der Waals surface area contributed by atoms with E-state index in [4.69, 9.17) is 5.73 Å². The van der Waals surface area contributed by atoms with Gasteiger partial charge < -0.3 is 20.4 Å². The first-order valence-electron chi connectivity index (χ1n) is 10.0. The van der Waals surface area contributed by atoms with Crippen LogP contribution in [0.3, 0.4) is 0 Å². The molecule has 2 N–H and O–H groups in total. The smallest absolute Gasteiger partial charge is 0.353 e. The van der Waals surface area contributed by atoms with Gasteiger partial charge in [0.25, 0.3) is 11.8 Å². The van der Waals surface area contributed by atoms with Gasteiger partial charge >= 0.3 is 6.18 Å². The number of anilines is 2. The molecular formula is C18H21F7N6O. The average Bonchev–Trinajstić information content (AvgIpc) is 3.25. The molecule has 0 aromatic carbocycles. The second kappa shape index (κ2) is 7.59. The molecule has 1 amide bonds. The predicted molar refractivity (Wildman–Crippen MR) is 98.7 cm³/mol. The van der Waals surface area contributed by atoms with Gasteiger partial charge in [0.05, 0.1) is 19.1 Å². The Kier molecular flexibility index (Phi) is 5.41. The molecule has 3 fully saturated rings. The van der Waals surface area contributed by atoms with E-state index in [-0.39, 0.29) is 37.7 Å². The predicted octanol–water partition coefficient (Wildman–Crippen LogP) is 2.11. The highest BCUT2D eigenvalue weighted by Gasteiger charge is 2.46. The van der Waals surface area contributed by atoms with Crippen LogP contribution in [0.15, 0.2) is 6.07 Å². The summed E-state index contributed by atoms with van der Waals surface area (Å²) in [5.74, 6) is -8.66. The normalized spacial score (nSPS) is 28.0. The number of likely N-dealkylation sites (tertiary alicyclic amines) is 1. The van der Waals surface area contributed by atoms with Crippen LogP contribution in [-0.2, 0) is 11.0 Å². The maximum atomic E-state index is 13.8. The number of hydrogen-bond acceptors (Lipinski definition) is 6. The molecule has 0 saturated carbocycles. The average molecular weight is 470 g/mol. The van der Waals surface area contributed by atoms with E-state index in [1.165, 1.54) is 4.90 Å². The van der Waals surface area contributed by atoms with E-state index < -0.39 is 67.8 Å². The molecule has 4 rings (SSSR count). The molecule has 3 saturated heterocycles.